The normalized spacial score (nSPS) is 10.9. The lowest BCUT2D eigenvalue weighted by atomic mass is 10.2. The number of hydrogen-bond acceptors (Lipinski definition) is 6. The first-order valence-corrected chi connectivity index (χ1v) is 6.47. The van der Waals surface area contributed by atoms with E-state index in [2.05, 4.69) is 20.5 Å². The molecule has 0 aliphatic carbocycles. The number of rotatable bonds is 4. The van der Waals surface area contributed by atoms with E-state index in [4.69, 9.17) is 0 Å². The van der Waals surface area contributed by atoms with Crippen LogP contribution in [0.25, 0.3) is 11.0 Å². The second-order valence-electron chi connectivity index (χ2n) is 4.48. The number of nitrogens with zero attached hydrogens (tertiary/aromatic N) is 4. The predicted molar refractivity (Wildman–Crippen MR) is 83.9 cm³/mol. The molecule has 0 fully saturated rings. The van der Waals surface area contributed by atoms with Crippen molar-refractivity contribution in [3.63, 3.8) is 0 Å². The van der Waals surface area contributed by atoms with Crippen LogP contribution >= 0.6 is 0 Å². The maximum atomic E-state index is 10.6. The summed E-state index contributed by atoms with van der Waals surface area (Å²) in [6.07, 6.45) is 4.93. The number of benzene rings is 2. The minimum Gasteiger partial charge on any atom is -0.278 e. The van der Waals surface area contributed by atoms with Gasteiger partial charge in [-0.15, -0.1) is 0 Å². The van der Waals surface area contributed by atoms with Crippen molar-refractivity contribution in [3.8, 4) is 0 Å². The van der Waals surface area contributed by atoms with E-state index >= 15 is 0 Å². The van der Waals surface area contributed by atoms with Gasteiger partial charge >= 0.3 is 0 Å². The Labute approximate surface area is 125 Å². The zero-order valence-electron chi connectivity index (χ0n) is 11.4. The van der Waals surface area contributed by atoms with Crippen LogP contribution in [0.1, 0.15) is 5.56 Å². The second kappa shape index (κ2) is 5.96. The lowest BCUT2D eigenvalue weighted by Crippen LogP contribution is -1.92. The molecule has 0 radical (unpaired) electrons. The number of anilines is 1. The van der Waals surface area contributed by atoms with E-state index in [1.54, 1.807) is 30.7 Å². The van der Waals surface area contributed by atoms with Crippen molar-refractivity contribution >= 4 is 28.6 Å². The Morgan fingerprint density at radius 1 is 1.05 bits per heavy atom. The molecule has 3 aromatic rings. The van der Waals surface area contributed by atoms with Crippen LogP contribution in [0.15, 0.2) is 60.0 Å². The number of nitro groups is 1. The van der Waals surface area contributed by atoms with E-state index in [9.17, 15) is 10.1 Å². The summed E-state index contributed by atoms with van der Waals surface area (Å²) in [5, 5.41) is 14.7. The Kier molecular flexibility index (Phi) is 3.69. The Balaban J connectivity index is 1.71. The number of nitrogens with one attached hydrogen (secondary N) is 1. The van der Waals surface area contributed by atoms with Crippen molar-refractivity contribution in [1.29, 1.82) is 0 Å². The molecule has 22 heavy (non-hydrogen) atoms. The van der Waals surface area contributed by atoms with Crippen LogP contribution in [-0.4, -0.2) is 21.1 Å². The molecule has 1 aromatic heterocycles. The molecular weight excluding hydrogens is 282 g/mol. The zero-order chi connectivity index (χ0) is 15.4. The number of nitro benzene ring substituents is 1. The SMILES string of the molecule is O=[N+]([O-])c1ccc(NN=Cc2ccc3nccnc3c2)cc1. The summed E-state index contributed by atoms with van der Waals surface area (Å²) >= 11 is 0. The Hall–Kier alpha value is -3.35. The van der Waals surface area contributed by atoms with Gasteiger partial charge in [-0.3, -0.25) is 25.5 Å². The van der Waals surface area contributed by atoms with Crippen LogP contribution < -0.4 is 5.43 Å². The van der Waals surface area contributed by atoms with Crippen molar-refractivity contribution in [2.75, 3.05) is 5.43 Å². The molecule has 0 amide bonds. The highest BCUT2D eigenvalue weighted by atomic mass is 16.6. The summed E-state index contributed by atoms with van der Waals surface area (Å²) in [7, 11) is 0. The molecular formula is C15H11N5O2. The summed E-state index contributed by atoms with van der Waals surface area (Å²) < 4.78 is 0. The van der Waals surface area contributed by atoms with Crippen molar-refractivity contribution in [2.45, 2.75) is 0 Å². The van der Waals surface area contributed by atoms with Gasteiger partial charge in [0.25, 0.3) is 5.69 Å². The van der Waals surface area contributed by atoms with Crippen molar-refractivity contribution in [2.24, 2.45) is 5.10 Å². The third-order valence-corrected chi connectivity index (χ3v) is 2.98. The number of hydrazone groups is 1. The average Bonchev–Trinajstić information content (AvgIpc) is 2.55. The van der Waals surface area contributed by atoms with Gasteiger partial charge < -0.3 is 0 Å². The summed E-state index contributed by atoms with van der Waals surface area (Å²) in [5.41, 5.74) is 6.02. The first kappa shape index (κ1) is 13.6. The van der Waals surface area contributed by atoms with E-state index in [0.29, 0.717) is 5.69 Å². The lowest BCUT2D eigenvalue weighted by molar-refractivity contribution is -0.384. The highest BCUT2D eigenvalue weighted by Gasteiger charge is 2.02. The second-order valence-corrected chi connectivity index (χ2v) is 4.48. The van der Waals surface area contributed by atoms with Crippen LogP contribution in [0.4, 0.5) is 11.4 Å². The van der Waals surface area contributed by atoms with Gasteiger partial charge in [0.15, 0.2) is 0 Å². The molecule has 0 bridgehead atoms. The van der Waals surface area contributed by atoms with Crippen LogP contribution in [0, 0.1) is 10.1 Å². The summed E-state index contributed by atoms with van der Waals surface area (Å²) in [6, 6.07) is 11.7. The highest BCUT2D eigenvalue weighted by molar-refractivity contribution is 5.86. The molecule has 0 spiro atoms. The van der Waals surface area contributed by atoms with Gasteiger partial charge in [-0.25, -0.2) is 0 Å². The van der Waals surface area contributed by atoms with Gasteiger partial charge in [-0.2, -0.15) is 5.10 Å². The van der Waals surface area contributed by atoms with Crippen molar-refractivity contribution < 1.29 is 4.92 Å². The van der Waals surface area contributed by atoms with Gasteiger partial charge in [0.05, 0.1) is 27.9 Å². The molecule has 1 heterocycles. The predicted octanol–water partition coefficient (Wildman–Crippen LogP) is 2.98. The topological polar surface area (TPSA) is 93.3 Å². The molecule has 2 aromatic carbocycles. The van der Waals surface area contributed by atoms with E-state index < -0.39 is 4.92 Å². The lowest BCUT2D eigenvalue weighted by Gasteiger charge is -2.00. The molecule has 7 nitrogen and oxygen atoms in total. The molecule has 0 saturated heterocycles. The zero-order valence-corrected chi connectivity index (χ0v) is 11.4. The molecule has 7 heteroatoms. The number of fused-ring (bicyclic) bond motifs is 1. The summed E-state index contributed by atoms with van der Waals surface area (Å²) in [5.74, 6) is 0. The molecule has 0 atom stereocenters. The van der Waals surface area contributed by atoms with Crippen LogP contribution in [-0.2, 0) is 0 Å². The first-order valence-electron chi connectivity index (χ1n) is 6.47. The molecule has 0 aliphatic rings. The van der Waals surface area contributed by atoms with E-state index in [0.717, 1.165) is 16.6 Å². The molecule has 0 saturated carbocycles. The van der Waals surface area contributed by atoms with Gasteiger partial charge in [0, 0.05) is 24.5 Å². The van der Waals surface area contributed by atoms with E-state index in [1.807, 2.05) is 18.2 Å². The fourth-order valence-electron chi connectivity index (χ4n) is 1.90. The van der Waals surface area contributed by atoms with Crippen LogP contribution in [0.2, 0.25) is 0 Å². The molecule has 1 N–H and O–H groups in total. The standard InChI is InChI=1S/C15H11N5O2/c21-20(22)13-4-2-12(3-5-13)19-18-10-11-1-6-14-15(9-11)17-8-7-16-14/h1-10,19H. The molecule has 0 aliphatic heterocycles. The smallest absolute Gasteiger partial charge is 0.269 e. The number of hydrogen-bond donors (Lipinski definition) is 1. The average molecular weight is 293 g/mol. The van der Waals surface area contributed by atoms with Gasteiger partial charge in [0.2, 0.25) is 0 Å². The fourth-order valence-corrected chi connectivity index (χ4v) is 1.90. The summed E-state index contributed by atoms with van der Waals surface area (Å²) in [6.45, 7) is 0. The quantitative estimate of drug-likeness (QED) is 0.453. The van der Waals surface area contributed by atoms with Crippen LogP contribution in [0.3, 0.4) is 0 Å². The molecule has 0 unspecified atom stereocenters. The largest absolute Gasteiger partial charge is 0.278 e. The van der Waals surface area contributed by atoms with E-state index in [-0.39, 0.29) is 5.69 Å². The highest BCUT2D eigenvalue weighted by Crippen LogP contribution is 2.15. The maximum Gasteiger partial charge on any atom is 0.269 e. The van der Waals surface area contributed by atoms with Crippen molar-refractivity contribution in [3.05, 3.63) is 70.5 Å². The summed E-state index contributed by atoms with van der Waals surface area (Å²) in [4.78, 5) is 18.5. The third-order valence-electron chi connectivity index (χ3n) is 2.98. The van der Waals surface area contributed by atoms with Gasteiger partial charge in [-0.05, 0) is 29.8 Å². The van der Waals surface area contributed by atoms with E-state index in [1.165, 1.54) is 12.1 Å². The fraction of sp³-hybridized carbons (Fsp3) is 0. The first-order chi connectivity index (χ1) is 10.7. The van der Waals surface area contributed by atoms with Crippen LogP contribution in [0.5, 0.6) is 0 Å². The number of non-ortho nitro benzene ring substituents is 1. The minimum absolute atomic E-state index is 0.0441. The Bertz CT molecular complexity index is 846. The maximum absolute atomic E-state index is 10.6. The monoisotopic (exact) mass is 293 g/mol. The van der Waals surface area contributed by atoms with Gasteiger partial charge in [-0.1, -0.05) is 6.07 Å². The Morgan fingerprint density at radius 2 is 1.77 bits per heavy atom. The van der Waals surface area contributed by atoms with Gasteiger partial charge in [0.1, 0.15) is 0 Å². The molecule has 3 rings (SSSR count). The third kappa shape index (κ3) is 3.04. The number of aromatic nitrogens is 2. The Morgan fingerprint density at radius 3 is 2.50 bits per heavy atom. The van der Waals surface area contributed by atoms with Crippen molar-refractivity contribution in [1.82, 2.24) is 9.97 Å². The molecule has 108 valence electrons. The minimum atomic E-state index is -0.441.